The number of nitrogens with one attached hydrogen (secondary N) is 1. The molecule has 1 unspecified atom stereocenters. The lowest BCUT2D eigenvalue weighted by Crippen LogP contribution is -2.53. The predicted molar refractivity (Wildman–Crippen MR) is 67.5 cm³/mol. The zero-order valence-corrected chi connectivity index (χ0v) is 10.3. The molecule has 2 heterocycles. The first-order chi connectivity index (χ1) is 8.14. The lowest BCUT2D eigenvalue weighted by Gasteiger charge is -2.45. The van der Waals surface area contributed by atoms with Gasteiger partial charge in [0, 0.05) is 12.8 Å². The van der Waals surface area contributed by atoms with Crippen LogP contribution in [0.4, 0.5) is 0 Å². The van der Waals surface area contributed by atoms with Gasteiger partial charge in [-0.15, -0.1) is 0 Å². The fourth-order valence-electron chi connectivity index (χ4n) is 2.69. The van der Waals surface area contributed by atoms with Crippen LogP contribution >= 0.6 is 0 Å². The maximum atomic E-state index is 12.3. The average Bonchev–Trinajstić information content (AvgIpc) is 2.37. The van der Waals surface area contributed by atoms with Crippen LogP contribution in [0, 0.1) is 5.92 Å². The molecule has 0 aliphatic carbocycles. The van der Waals surface area contributed by atoms with E-state index in [1.807, 2.05) is 6.92 Å². The molecular weight excluding hydrogens is 214 g/mol. The van der Waals surface area contributed by atoms with Crippen molar-refractivity contribution in [1.82, 2.24) is 5.32 Å². The highest BCUT2D eigenvalue weighted by Crippen LogP contribution is 2.40. The molecule has 1 fully saturated rings. The van der Waals surface area contributed by atoms with Crippen LogP contribution in [0.15, 0.2) is 36.6 Å². The van der Waals surface area contributed by atoms with E-state index in [-0.39, 0.29) is 17.3 Å². The molecule has 0 bridgehead atoms. The Morgan fingerprint density at radius 1 is 1.35 bits per heavy atom. The molecule has 3 heteroatoms. The fraction of sp³-hybridized carbons (Fsp3) is 0.500. The van der Waals surface area contributed by atoms with E-state index in [9.17, 15) is 4.79 Å². The summed E-state index contributed by atoms with van der Waals surface area (Å²) < 4.78 is 6.08. The molecule has 0 aromatic carbocycles. The minimum absolute atomic E-state index is 0.110. The van der Waals surface area contributed by atoms with E-state index in [2.05, 4.69) is 18.5 Å². The van der Waals surface area contributed by atoms with E-state index in [4.69, 9.17) is 4.74 Å². The van der Waals surface area contributed by atoms with Crippen molar-refractivity contribution >= 4 is 5.78 Å². The molecule has 0 radical (unpaired) electrons. The molecule has 92 valence electrons. The number of ketones is 1. The normalized spacial score (nSPS) is 27.8. The van der Waals surface area contributed by atoms with E-state index >= 15 is 0 Å². The smallest absolute Gasteiger partial charge is 0.173 e. The van der Waals surface area contributed by atoms with Gasteiger partial charge in [-0.05, 0) is 19.2 Å². The van der Waals surface area contributed by atoms with Crippen LogP contribution in [-0.2, 0) is 9.53 Å². The van der Waals surface area contributed by atoms with Gasteiger partial charge >= 0.3 is 0 Å². The number of ether oxygens (including phenoxy) is 1. The van der Waals surface area contributed by atoms with Gasteiger partial charge < -0.3 is 10.1 Å². The average molecular weight is 233 g/mol. The van der Waals surface area contributed by atoms with Gasteiger partial charge in [-0.2, -0.15) is 0 Å². The van der Waals surface area contributed by atoms with E-state index in [1.165, 1.54) is 0 Å². The predicted octanol–water partition coefficient (Wildman–Crippen LogP) is 1.97. The largest absolute Gasteiger partial charge is 0.486 e. The Morgan fingerprint density at radius 2 is 2.00 bits per heavy atom. The number of rotatable bonds is 2. The SMILES string of the molecule is C=CC1=C(C=C)C(=O)C(C)C2(CCNCC2)O1. The van der Waals surface area contributed by atoms with Crippen LogP contribution in [0.2, 0.25) is 0 Å². The highest BCUT2D eigenvalue weighted by molar-refractivity contribution is 6.01. The Bertz CT molecular complexity index is 389. The molecule has 2 aliphatic heterocycles. The monoisotopic (exact) mass is 233 g/mol. The summed E-state index contributed by atoms with van der Waals surface area (Å²) in [6.45, 7) is 11.1. The van der Waals surface area contributed by atoms with Crippen LogP contribution in [0.25, 0.3) is 0 Å². The summed E-state index contributed by atoms with van der Waals surface area (Å²) in [5.74, 6) is 0.606. The Labute approximate surface area is 102 Å². The minimum atomic E-state index is -0.349. The Hall–Kier alpha value is -1.35. The van der Waals surface area contributed by atoms with E-state index in [0.717, 1.165) is 25.9 Å². The van der Waals surface area contributed by atoms with Gasteiger partial charge in [0.25, 0.3) is 0 Å². The number of hydrogen-bond donors (Lipinski definition) is 1. The molecule has 0 aromatic rings. The first-order valence-corrected chi connectivity index (χ1v) is 6.08. The van der Waals surface area contributed by atoms with Crippen LogP contribution < -0.4 is 5.32 Å². The summed E-state index contributed by atoms with van der Waals surface area (Å²) in [5, 5.41) is 3.30. The van der Waals surface area contributed by atoms with Gasteiger partial charge in [0.15, 0.2) is 5.78 Å². The Morgan fingerprint density at radius 3 is 2.53 bits per heavy atom. The first-order valence-electron chi connectivity index (χ1n) is 6.08. The van der Waals surface area contributed by atoms with Gasteiger partial charge in [0.1, 0.15) is 11.4 Å². The second-order valence-corrected chi connectivity index (χ2v) is 4.69. The molecule has 0 aromatic heterocycles. The van der Waals surface area contributed by atoms with Crippen molar-refractivity contribution < 1.29 is 9.53 Å². The maximum Gasteiger partial charge on any atom is 0.173 e. The standard InChI is InChI=1S/C14H19NO2/c1-4-11-12(5-2)17-14(10(3)13(11)16)6-8-15-9-7-14/h4-5,10,15H,1-2,6-9H2,3H3. The molecule has 1 spiro atoms. The molecule has 2 aliphatic rings. The van der Waals surface area contributed by atoms with Crippen molar-refractivity contribution in [1.29, 1.82) is 0 Å². The van der Waals surface area contributed by atoms with Crippen molar-refractivity contribution in [3.05, 3.63) is 36.6 Å². The molecule has 3 nitrogen and oxygen atoms in total. The third kappa shape index (κ3) is 1.84. The zero-order chi connectivity index (χ0) is 12.5. The third-order valence-corrected chi connectivity index (χ3v) is 3.87. The summed E-state index contributed by atoms with van der Waals surface area (Å²) >= 11 is 0. The van der Waals surface area contributed by atoms with Crippen LogP contribution in [0.3, 0.4) is 0 Å². The number of carbonyl (C=O) groups excluding carboxylic acids is 1. The number of hydrogen-bond acceptors (Lipinski definition) is 3. The number of piperidine rings is 1. The number of carbonyl (C=O) groups is 1. The molecule has 1 atom stereocenters. The zero-order valence-electron chi connectivity index (χ0n) is 10.3. The van der Waals surface area contributed by atoms with Crippen LogP contribution in [-0.4, -0.2) is 24.5 Å². The van der Waals surface area contributed by atoms with Crippen LogP contribution in [0.5, 0.6) is 0 Å². The highest BCUT2D eigenvalue weighted by Gasteiger charge is 2.47. The Kier molecular flexibility index (Phi) is 3.20. The topological polar surface area (TPSA) is 38.3 Å². The first kappa shape index (κ1) is 12.1. The van der Waals surface area contributed by atoms with E-state index in [0.29, 0.717) is 11.3 Å². The molecule has 2 rings (SSSR count). The van der Waals surface area contributed by atoms with Crippen molar-refractivity contribution in [3.63, 3.8) is 0 Å². The molecule has 1 N–H and O–H groups in total. The summed E-state index contributed by atoms with van der Waals surface area (Å²) in [6.07, 6.45) is 4.91. The van der Waals surface area contributed by atoms with E-state index < -0.39 is 0 Å². The van der Waals surface area contributed by atoms with Gasteiger partial charge in [-0.3, -0.25) is 4.79 Å². The second kappa shape index (κ2) is 4.49. The summed E-state index contributed by atoms with van der Waals surface area (Å²) in [6, 6.07) is 0. The molecule has 0 amide bonds. The fourth-order valence-corrected chi connectivity index (χ4v) is 2.69. The molecule has 1 saturated heterocycles. The second-order valence-electron chi connectivity index (χ2n) is 4.69. The molecule has 17 heavy (non-hydrogen) atoms. The summed E-state index contributed by atoms with van der Waals surface area (Å²) in [5.41, 5.74) is 0.218. The van der Waals surface area contributed by atoms with Crippen LogP contribution in [0.1, 0.15) is 19.8 Å². The Balaban J connectivity index is 2.41. The maximum absolute atomic E-state index is 12.3. The summed E-state index contributed by atoms with van der Waals surface area (Å²) in [7, 11) is 0. The van der Waals surface area contributed by atoms with Gasteiger partial charge in [-0.25, -0.2) is 0 Å². The number of allylic oxidation sites excluding steroid dienone is 3. The van der Waals surface area contributed by atoms with Gasteiger partial charge in [-0.1, -0.05) is 26.2 Å². The minimum Gasteiger partial charge on any atom is -0.486 e. The van der Waals surface area contributed by atoms with E-state index in [1.54, 1.807) is 12.2 Å². The van der Waals surface area contributed by atoms with Crippen molar-refractivity contribution in [2.45, 2.75) is 25.4 Å². The van der Waals surface area contributed by atoms with Crippen molar-refractivity contribution in [2.75, 3.05) is 13.1 Å². The molecule has 0 saturated carbocycles. The quantitative estimate of drug-likeness (QED) is 0.792. The lowest BCUT2D eigenvalue weighted by molar-refractivity contribution is -0.136. The van der Waals surface area contributed by atoms with Gasteiger partial charge in [0.2, 0.25) is 0 Å². The lowest BCUT2D eigenvalue weighted by atomic mass is 9.75. The van der Waals surface area contributed by atoms with Crippen molar-refractivity contribution in [3.8, 4) is 0 Å². The van der Waals surface area contributed by atoms with Gasteiger partial charge in [0.05, 0.1) is 11.5 Å². The number of Topliss-reactive ketones (excluding diaryl/α,β-unsaturated/α-hetero) is 1. The van der Waals surface area contributed by atoms with Crippen molar-refractivity contribution in [2.24, 2.45) is 5.92 Å². The highest BCUT2D eigenvalue weighted by atomic mass is 16.5. The third-order valence-electron chi connectivity index (χ3n) is 3.87. The molecular formula is C14H19NO2. The summed E-state index contributed by atoms with van der Waals surface area (Å²) in [4.78, 5) is 12.3.